The van der Waals surface area contributed by atoms with Crippen molar-refractivity contribution in [2.45, 2.75) is 32.7 Å². The maximum Gasteiger partial charge on any atom is 0.256 e. The molecule has 98 valence electrons. The van der Waals surface area contributed by atoms with Gasteiger partial charge < -0.3 is 4.90 Å². The lowest BCUT2D eigenvalue weighted by atomic mass is 10.3. The van der Waals surface area contributed by atoms with Crippen LogP contribution in [0.25, 0.3) is 0 Å². The second-order valence-electron chi connectivity index (χ2n) is 4.45. The van der Waals surface area contributed by atoms with Crippen LogP contribution in [0.3, 0.4) is 0 Å². The van der Waals surface area contributed by atoms with Crippen molar-refractivity contribution in [2.24, 2.45) is 0 Å². The molecule has 1 aliphatic rings. The average molecular weight is 267 g/mol. The normalized spacial score (nSPS) is 19.3. The Morgan fingerprint density at radius 2 is 2.28 bits per heavy atom. The van der Waals surface area contributed by atoms with Crippen LogP contribution >= 0.6 is 11.8 Å². The third kappa shape index (κ3) is 2.43. The van der Waals surface area contributed by atoms with Crippen LogP contribution in [0.1, 0.15) is 18.2 Å². The van der Waals surface area contributed by atoms with Gasteiger partial charge in [0.25, 0.3) is 5.56 Å². The van der Waals surface area contributed by atoms with E-state index in [1.165, 1.54) is 10.9 Å². The van der Waals surface area contributed by atoms with Gasteiger partial charge in [-0.25, -0.2) is 4.98 Å². The minimum atomic E-state index is -0.129. The molecule has 1 unspecified atom stereocenters. The summed E-state index contributed by atoms with van der Waals surface area (Å²) in [5.74, 6) is 0.951. The van der Waals surface area contributed by atoms with E-state index in [0.29, 0.717) is 11.3 Å². The van der Waals surface area contributed by atoms with Crippen molar-refractivity contribution < 1.29 is 4.79 Å². The molecule has 0 aliphatic carbocycles. The standard InChI is InChI=1S/C12H17N3O2S/c1-8-9(2)13-7-14(12(8)17)6-11(16)15-4-5-18-10(15)3/h7,10H,4-6H2,1-3H3. The second kappa shape index (κ2) is 5.14. The molecule has 2 heterocycles. The van der Waals surface area contributed by atoms with Gasteiger partial charge in [0.2, 0.25) is 5.91 Å². The minimum absolute atomic E-state index is 0.0142. The summed E-state index contributed by atoms with van der Waals surface area (Å²) in [5.41, 5.74) is 1.19. The zero-order chi connectivity index (χ0) is 13.3. The summed E-state index contributed by atoms with van der Waals surface area (Å²) >= 11 is 1.76. The van der Waals surface area contributed by atoms with Crippen molar-refractivity contribution >= 4 is 17.7 Å². The van der Waals surface area contributed by atoms with E-state index in [0.717, 1.165) is 12.3 Å². The van der Waals surface area contributed by atoms with Gasteiger partial charge in [-0.1, -0.05) is 0 Å². The molecule has 1 aromatic heterocycles. The summed E-state index contributed by atoms with van der Waals surface area (Å²) in [6.07, 6.45) is 1.45. The van der Waals surface area contributed by atoms with Gasteiger partial charge >= 0.3 is 0 Å². The van der Waals surface area contributed by atoms with E-state index in [1.54, 1.807) is 25.6 Å². The number of hydrogen-bond acceptors (Lipinski definition) is 4. The molecule has 1 amide bonds. The molecule has 0 saturated carbocycles. The Labute approximate surface area is 110 Å². The Balaban J connectivity index is 2.17. The number of nitrogens with zero attached hydrogens (tertiary/aromatic N) is 3. The predicted octanol–water partition coefficient (Wildman–Crippen LogP) is 0.782. The Kier molecular flexibility index (Phi) is 3.75. The van der Waals surface area contributed by atoms with Crippen molar-refractivity contribution in [1.29, 1.82) is 0 Å². The maximum absolute atomic E-state index is 12.1. The lowest BCUT2D eigenvalue weighted by Gasteiger charge is -2.20. The Hall–Kier alpha value is -1.30. The highest BCUT2D eigenvalue weighted by molar-refractivity contribution is 8.00. The van der Waals surface area contributed by atoms with Crippen molar-refractivity contribution in [2.75, 3.05) is 12.3 Å². The predicted molar refractivity (Wildman–Crippen MR) is 71.6 cm³/mol. The highest BCUT2D eigenvalue weighted by Crippen LogP contribution is 2.22. The van der Waals surface area contributed by atoms with Gasteiger partial charge in [0.05, 0.1) is 11.7 Å². The number of aryl methyl sites for hydroxylation is 1. The molecule has 0 radical (unpaired) electrons. The lowest BCUT2D eigenvalue weighted by molar-refractivity contribution is -0.131. The highest BCUT2D eigenvalue weighted by Gasteiger charge is 2.25. The molecule has 5 nitrogen and oxygen atoms in total. The van der Waals surface area contributed by atoms with E-state index in [9.17, 15) is 9.59 Å². The van der Waals surface area contributed by atoms with Crippen LogP contribution in [0.15, 0.2) is 11.1 Å². The summed E-state index contributed by atoms with van der Waals surface area (Å²) < 4.78 is 1.39. The van der Waals surface area contributed by atoms with Crippen LogP contribution in [0.5, 0.6) is 0 Å². The summed E-state index contributed by atoms with van der Waals surface area (Å²) in [4.78, 5) is 30.0. The first-order valence-electron chi connectivity index (χ1n) is 5.94. The largest absolute Gasteiger partial charge is 0.329 e. The zero-order valence-electron chi connectivity index (χ0n) is 10.8. The molecule has 1 aliphatic heterocycles. The second-order valence-corrected chi connectivity index (χ2v) is 5.87. The van der Waals surface area contributed by atoms with E-state index >= 15 is 0 Å². The topological polar surface area (TPSA) is 55.2 Å². The summed E-state index contributed by atoms with van der Waals surface area (Å²) in [6.45, 7) is 6.38. The highest BCUT2D eigenvalue weighted by atomic mass is 32.2. The molecule has 1 atom stereocenters. The van der Waals surface area contributed by atoms with Crippen LogP contribution in [-0.2, 0) is 11.3 Å². The van der Waals surface area contributed by atoms with E-state index in [4.69, 9.17) is 0 Å². The summed E-state index contributed by atoms with van der Waals surface area (Å²) in [5, 5.41) is 0.202. The molecule has 0 aromatic carbocycles. The van der Waals surface area contributed by atoms with Gasteiger partial charge in [0.1, 0.15) is 6.54 Å². The van der Waals surface area contributed by atoms with E-state index in [1.807, 2.05) is 11.8 Å². The number of thioether (sulfide) groups is 1. The van der Waals surface area contributed by atoms with Gasteiger partial charge in [0, 0.05) is 23.6 Å². The maximum atomic E-state index is 12.1. The SMILES string of the molecule is Cc1ncn(CC(=O)N2CCSC2C)c(=O)c1C. The quantitative estimate of drug-likeness (QED) is 0.794. The number of carbonyl (C=O) groups excluding carboxylic acids is 1. The third-order valence-electron chi connectivity index (χ3n) is 3.27. The fourth-order valence-electron chi connectivity index (χ4n) is 1.95. The molecule has 1 saturated heterocycles. The van der Waals surface area contributed by atoms with Crippen molar-refractivity contribution in [3.8, 4) is 0 Å². The van der Waals surface area contributed by atoms with Crippen molar-refractivity contribution in [3.63, 3.8) is 0 Å². The van der Waals surface area contributed by atoms with Crippen LogP contribution in [0.4, 0.5) is 0 Å². The number of hydrogen-bond donors (Lipinski definition) is 0. The van der Waals surface area contributed by atoms with E-state index in [2.05, 4.69) is 4.98 Å². The van der Waals surface area contributed by atoms with Crippen LogP contribution in [0, 0.1) is 13.8 Å². The fourth-order valence-corrected chi connectivity index (χ4v) is 2.99. The third-order valence-corrected chi connectivity index (χ3v) is 4.43. The van der Waals surface area contributed by atoms with Crippen LogP contribution in [0.2, 0.25) is 0 Å². The number of amides is 1. The molecule has 1 aromatic rings. The van der Waals surface area contributed by atoms with Crippen LogP contribution in [-0.4, -0.2) is 38.0 Å². The summed E-state index contributed by atoms with van der Waals surface area (Å²) in [7, 11) is 0. The molecule has 6 heteroatoms. The molecule has 0 bridgehead atoms. The van der Waals surface area contributed by atoms with E-state index < -0.39 is 0 Å². The van der Waals surface area contributed by atoms with Crippen molar-refractivity contribution in [1.82, 2.24) is 14.5 Å². The average Bonchev–Trinajstić information content (AvgIpc) is 2.76. The number of aromatic nitrogens is 2. The summed E-state index contributed by atoms with van der Waals surface area (Å²) in [6, 6.07) is 0. The lowest BCUT2D eigenvalue weighted by Crippen LogP contribution is -2.38. The van der Waals surface area contributed by atoms with Gasteiger partial charge in [-0.2, -0.15) is 0 Å². The smallest absolute Gasteiger partial charge is 0.256 e. The molecule has 2 rings (SSSR count). The van der Waals surface area contributed by atoms with E-state index in [-0.39, 0.29) is 23.4 Å². The first-order chi connectivity index (χ1) is 8.50. The molecule has 18 heavy (non-hydrogen) atoms. The van der Waals surface area contributed by atoms with Gasteiger partial charge in [0.15, 0.2) is 0 Å². The Morgan fingerprint density at radius 3 is 2.89 bits per heavy atom. The Bertz CT molecular complexity index is 527. The van der Waals surface area contributed by atoms with Gasteiger partial charge in [-0.05, 0) is 20.8 Å². The molecular formula is C12H17N3O2S. The number of rotatable bonds is 2. The van der Waals surface area contributed by atoms with Crippen LogP contribution < -0.4 is 5.56 Å². The van der Waals surface area contributed by atoms with Gasteiger partial charge in [-0.15, -0.1) is 11.8 Å². The fraction of sp³-hybridized carbons (Fsp3) is 0.583. The van der Waals surface area contributed by atoms with Gasteiger partial charge in [-0.3, -0.25) is 14.2 Å². The first-order valence-corrected chi connectivity index (χ1v) is 6.99. The molecular weight excluding hydrogens is 250 g/mol. The molecule has 1 fully saturated rings. The monoisotopic (exact) mass is 267 g/mol. The molecule has 0 spiro atoms. The first kappa shape index (κ1) is 13.1. The molecule has 0 N–H and O–H groups in total. The van der Waals surface area contributed by atoms with Crippen molar-refractivity contribution in [3.05, 3.63) is 27.9 Å². The number of carbonyl (C=O) groups is 1. The Morgan fingerprint density at radius 1 is 1.56 bits per heavy atom. The minimum Gasteiger partial charge on any atom is -0.329 e. The zero-order valence-corrected chi connectivity index (χ0v) is 11.7.